The molecule has 1 aliphatic heterocycles. The van der Waals surface area contributed by atoms with Crippen LogP contribution in [-0.2, 0) is 11.2 Å². The molecule has 0 bridgehead atoms. The second-order valence-electron chi connectivity index (χ2n) is 7.08. The summed E-state index contributed by atoms with van der Waals surface area (Å²) in [7, 11) is 0. The Morgan fingerprint density at radius 2 is 1.72 bits per heavy atom. The number of halogens is 1. The Morgan fingerprint density at radius 1 is 1.00 bits per heavy atom. The number of nitrogens with zero attached hydrogens (tertiary/aromatic N) is 3. The van der Waals surface area contributed by atoms with Crippen LogP contribution in [0.15, 0.2) is 60.7 Å². The quantitative estimate of drug-likeness (QED) is 0.476. The first-order chi connectivity index (χ1) is 14.0. The molecular weight excluding hydrogens is 390 g/mol. The molecule has 6 nitrogen and oxygen atoms in total. The van der Waals surface area contributed by atoms with Crippen LogP contribution in [0.25, 0.3) is 10.8 Å². The molecule has 4 rings (SSSR count). The first-order valence-corrected chi connectivity index (χ1v) is 9.84. The lowest BCUT2D eigenvalue weighted by molar-refractivity contribution is -0.384. The van der Waals surface area contributed by atoms with Gasteiger partial charge in [-0.3, -0.25) is 14.9 Å². The SMILES string of the molecule is O=C(Cc1cccc2ccccc12)N1CCN(c2ccc([N+](=O)[O-])cc2Cl)CC1. The van der Waals surface area contributed by atoms with Crippen molar-refractivity contribution in [1.29, 1.82) is 0 Å². The number of benzene rings is 3. The van der Waals surface area contributed by atoms with Crippen molar-refractivity contribution in [2.45, 2.75) is 6.42 Å². The van der Waals surface area contributed by atoms with Gasteiger partial charge >= 0.3 is 0 Å². The number of carbonyl (C=O) groups is 1. The number of anilines is 1. The number of non-ortho nitro benzene ring substituents is 1. The number of nitro benzene ring substituents is 1. The van der Waals surface area contributed by atoms with E-state index < -0.39 is 4.92 Å². The molecule has 0 saturated carbocycles. The van der Waals surface area contributed by atoms with Crippen molar-refractivity contribution in [3.63, 3.8) is 0 Å². The Bertz CT molecular complexity index is 1070. The van der Waals surface area contributed by atoms with Crippen LogP contribution in [0.3, 0.4) is 0 Å². The van der Waals surface area contributed by atoms with E-state index in [4.69, 9.17) is 11.6 Å². The lowest BCUT2D eigenvalue weighted by Crippen LogP contribution is -2.49. The van der Waals surface area contributed by atoms with E-state index in [-0.39, 0.29) is 11.6 Å². The zero-order valence-corrected chi connectivity index (χ0v) is 16.5. The molecule has 0 atom stereocenters. The van der Waals surface area contributed by atoms with Gasteiger partial charge < -0.3 is 9.80 Å². The van der Waals surface area contributed by atoms with Gasteiger partial charge in [-0.1, -0.05) is 54.1 Å². The van der Waals surface area contributed by atoms with Crippen molar-refractivity contribution in [1.82, 2.24) is 4.90 Å². The highest BCUT2D eigenvalue weighted by Crippen LogP contribution is 2.30. The van der Waals surface area contributed by atoms with E-state index >= 15 is 0 Å². The fourth-order valence-electron chi connectivity index (χ4n) is 3.78. The third kappa shape index (κ3) is 4.03. The smallest absolute Gasteiger partial charge is 0.271 e. The number of rotatable bonds is 4. The highest BCUT2D eigenvalue weighted by Gasteiger charge is 2.23. The largest absolute Gasteiger partial charge is 0.367 e. The summed E-state index contributed by atoms with van der Waals surface area (Å²) in [5, 5.41) is 13.5. The molecule has 1 saturated heterocycles. The molecule has 29 heavy (non-hydrogen) atoms. The summed E-state index contributed by atoms with van der Waals surface area (Å²) < 4.78 is 0. The predicted molar refractivity (Wildman–Crippen MR) is 115 cm³/mol. The molecule has 0 N–H and O–H groups in total. The molecular formula is C22H20ClN3O3. The van der Waals surface area contributed by atoms with E-state index in [9.17, 15) is 14.9 Å². The van der Waals surface area contributed by atoms with Crippen LogP contribution >= 0.6 is 11.6 Å². The van der Waals surface area contributed by atoms with Crippen molar-refractivity contribution in [2.24, 2.45) is 0 Å². The lowest BCUT2D eigenvalue weighted by Gasteiger charge is -2.36. The summed E-state index contributed by atoms with van der Waals surface area (Å²) in [6.45, 7) is 2.46. The minimum absolute atomic E-state index is 0.0253. The maximum atomic E-state index is 12.8. The average Bonchev–Trinajstić information content (AvgIpc) is 2.74. The molecule has 1 fully saturated rings. The van der Waals surface area contributed by atoms with Gasteiger partial charge in [-0.25, -0.2) is 0 Å². The number of amides is 1. The number of hydrogen-bond acceptors (Lipinski definition) is 4. The first kappa shape index (κ1) is 19.2. The molecule has 0 spiro atoms. The van der Waals surface area contributed by atoms with Gasteiger partial charge in [0.15, 0.2) is 0 Å². The first-order valence-electron chi connectivity index (χ1n) is 9.46. The van der Waals surface area contributed by atoms with Crippen LogP contribution in [0, 0.1) is 10.1 Å². The van der Waals surface area contributed by atoms with Gasteiger partial charge in [0.1, 0.15) is 0 Å². The van der Waals surface area contributed by atoms with Crippen LogP contribution in [0.2, 0.25) is 5.02 Å². The minimum Gasteiger partial charge on any atom is -0.367 e. The van der Waals surface area contributed by atoms with E-state index in [2.05, 4.69) is 17.0 Å². The summed E-state index contributed by atoms with van der Waals surface area (Å²) >= 11 is 6.24. The zero-order valence-electron chi connectivity index (χ0n) is 15.8. The maximum absolute atomic E-state index is 12.8. The van der Waals surface area contributed by atoms with Gasteiger partial charge in [-0.05, 0) is 22.4 Å². The number of carbonyl (C=O) groups excluding carboxylic acids is 1. The van der Waals surface area contributed by atoms with Gasteiger partial charge in [0.05, 0.1) is 22.1 Å². The lowest BCUT2D eigenvalue weighted by atomic mass is 10.0. The molecule has 7 heteroatoms. The molecule has 0 aliphatic carbocycles. The Balaban J connectivity index is 1.42. The minimum atomic E-state index is -0.459. The summed E-state index contributed by atoms with van der Waals surface area (Å²) in [6, 6.07) is 18.6. The van der Waals surface area contributed by atoms with Crippen LogP contribution in [0.4, 0.5) is 11.4 Å². The second-order valence-corrected chi connectivity index (χ2v) is 7.48. The topological polar surface area (TPSA) is 66.7 Å². The van der Waals surface area contributed by atoms with Gasteiger partial charge in [-0.15, -0.1) is 0 Å². The summed E-state index contributed by atoms with van der Waals surface area (Å²) in [5.74, 6) is 0.107. The Morgan fingerprint density at radius 3 is 2.45 bits per heavy atom. The third-order valence-corrected chi connectivity index (χ3v) is 5.64. The summed E-state index contributed by atoms with van der Waals surface area (Å²) in [6.07, 6.45) is 0.375. The van der Waals surface area contributed by atoms with Gasteiger partial charge in [0.25, 0.3) is 5.69 Å². The highest BCUT2D eigenvalue weighted by molar-refractivity contribution is 6.33. The molecule has 3 aromatic carbocycles. The number of hydrogen-bond donors (Lipinski definition) is 0. The van der Waals surface area contributed by atoms with Crippen LogP contribution in [0.5, 0.6) is 0 Å². The molecule has 0 aromatic heterocycles. The molecule has 3 aromatic rings. The van der Waals surface area contributed by atoms with E-state index in [0.717, 1.165) is 22.0 Å². The van der Waals surface area contributed by atoms with E-state index in [1.165, 1.54) is 12.1 Å². The standard InChI is InChI=1S/C22H20ClN3O3/c23-20-15-18(26(28)29)8-9-21(20)24-10-12-25(13-11-24)22(27)14-17-6-3-5-16-4-1-2-7-19(16)17/h1-9,15H,10-14H2. The monoisotopic (exact) mass is 409 g/mol. The molecule has 148 valence electrons. The number of fused-ring (bicyclic) bond motifs is 1. The van der Waals surface area contributed by atoms with Gasteiger partial charge in [-0.2, -0.15) is 0 Å². The summed E-state index contributed by atoms with van der Waals surface area (Å²) in [5.41, 5.74) is 1.77. The fourth-order valence-corrected chi connectivity index (χ4v) is 4.08. The van der Waals surface area contributed by atoms with Crippen LogP contribution in [0.1, 0.15) is 5.56 Å². The average molecular weight is 410 g/mol. The Kier molecular flexibility index (Phi) is 5.36. The predicted octanol–water partition coefficient (Wildman–Crippen LogP) is 4.29. The molecule has 1 aliphatic rings. The third-order valence-electron chi connectivity index (χ3n) is 5.34. The normalized spacial score (nSPS) is 14.2. The van der Waals surface area contributed by atoms with Crippen molar-refractivity contribution in [2.75, 3.05) is 31.1 Å². The van der Waals surface area contributed by atoms with Gasteiger partial charge in [0.2, 0.25) is 5.91 Å². The molecule has 0 radical (unpaired) electrons. The van der Waals surface area contributed by atoms with Gasteiger partial charge in [0, 0.05) is 38.3 Å². The second kappa shape index (κ2) is 8.09. The van der Waals surface area contributed by atoms with Crippen LogP contribution < -0.4 is 4.90 Å². The Hall–Kier alpha value is -3.12. The van der Waals surface area contributed by atoms with Crippen molar-refractivity contribution < 1.29 is 9.72 Å². The molecule has 1 heterocycles. The van der Waals surface area contributed by atoms with Crippen molar-refractivity contribution in [3.8, 4) is 0 Å². The Labute approximate surface area is 173 Å². The van der Waals surface area contributed by atoms with E-state index in [1.807, 2.05) is 35.2 Å². The van der Waals surface area contributed by atoms with E-state index in [1.54, 1.807) is 6.07 Å². The summed E-state index contributed by atoms with van der Waals surface area (Å²) in [4.78, 5) is 27.2. The fraction of sp³-hybridized carbons (Fsp3) is 0.227. The molecule has 0 unspecified atom stereocenters. The van der Waals surface area contributed by atoms with Crippen LogP contribution in [-0.4, -0.2) is 41.9 Å². The maximum Gasteiger partial charge on any atom is 0.271 e. The zero-order chi connectivity index (χ0) is 20.4. The van der Waals surface area contributed by atoms with Crippen molar-refractivity contribution in [3.05, 3.63) is 81.4 Å². The highest BCUT2D eigenvalue weighted by atomic mass is 35.5. The number of nitro groups is 1. The van der Waals surface area contributed by atoms with E-state index in [0.29, 0.717) is 37.6 Å². The van der Waals surface area contributed by atoms with Crippen molar-refractivity contribution >= 4 is 39.7 Å². The molecule has 1 amide bonds. The number of piperazine rings is 1.